The van der Waals surface area contributed by atoms with Crippen LogP contribution in [-0.4, -0.2) is 116 Å². The number of hydroxylamine groups is 2. The van der Waals surface area contributed by atoms with E-state index in [9.17, 15) is 33.0 Å². The first kappa shape index (κ1) is 38.7. The van der Waals surface area contributed by atoms with Gasteiger partial charge in [0.2, 0.25) is 11.8 Å². The number of alkyl halides is 3. The molecule has 1 saturated heterocycles. The summed E-state index contributed by atoms with van der Waals surface area (Å²) < 4.78 is 45.0. The number of halogens is 3. The number of amides is 2. The van der Waals surface area contributed by atoms with E-state index in [1.807, 2.05) is 14.1 Å². The van der Waals surface area contributed by atoms with Crippen LogP contribution in [0.2, 0.25) is 0 Å². The van der Waals surface area contributed by atoms with Crippen LogP contribution in [0.3, 0.4) is 0 Å². The lowest BCUT2D eigenvalue weighted by atomic mass is 9.45. The molecule has 14 atom stereocenters. The molecule has 5 aliphatic carbocycles. The molecule has 6 rings (SSSR count). The van der Waals surface area contributed by atoms with Gasteiger partial charge in [0, 0.05) is 43.5 Å². The fourth-order valence-electron chi connectivity index (χ4n) is 10.7. The van der Waals surface area contributed by atoms with Crippen LogP contribution in [0.25, 0.3) is 0 Å². The Hall–Kier alpha value is -1.51. The first-order valence-electron chi connectivity index (χ1n) is 18.5. The molecule has 0 aromatic heterocycles. The van der Waals surface area contributed by atoms with Gasteiger partial charge >= 0.3 is 6.18 Å². The van der Waals surface area contributed by atoms with Crippen molar-refractivity contribution < 1.29 is 42.5 Å². The Kier molecular flexibility index (Phi) is 12.0. The molecule has 6 unspecified atom stereocenters. The lowest BCUT2D eigenvalue weighted by molar-refractivity contribution is -0.193. The molecule has 0 aromatic rings. The second-order valence-electron chi connectivity index (χ2n) is 16.9. The van der Waals surface area contributed by atoms with E-state index in [0.29, 0.717) is 37.1 Å². The van der Waals surface area contributed by atoms with Gasteiger partial charge in [-0.25, -0.2) is 0 Å². The normalized spacial score (nSPS) is 41.6. The molecule has 6 fully saturated rings. The van der Waals surface area contributed by atoms with Crippen molar-refractivity contribution in [2.45, 2.75) is 122 Å². The maximum absolute atomic E-state index is 14.2. The van der Waals surface area contributed by atoms with E-state index in [1.54, 1.807) is 19.1 Å². The van der Waals surface area contributed by atoms with Gasteiger partial charge in [0.05, 0.1) is 18.8 Å². The summed E-state index contributed by atoms with van der Waals surface area (Å²) in [6.45, 7) is 7.20. The number of nitrogens with one attached hydrogen (secondary N) is 2. The maximum Gasteiger partial charge on any atom is 0.405 e. The Morgan fingerprint density at radius 3 is 2.39 bits per heavy atom. The van der Waals surface area contributed by atoms with Crippen molar-refractivity contribution in [3.8, 4) is 0 Å². The minimum atomic E-state index is -4.47. The molecule has 0 aromatic carbocycles. The minimum absolute atomic E-state index is 0.0366. The summed E-state index contributed by atoms with van der Waals surface area (Å²) in [7, 11) is 5.57. The van der Waals surface area contributed by atoms with Crippen LogP contribution in [0.1, 0.15) is 79.1 Å². The molecule has 1 aliphatic heterocycles. The summed E-state index contributed by atoms with van der Waals surface area (Å²) >= 11 is 0. The van der Waals surface area contributed by atoms with E-state index in [1.165, 1.54) is 6.42 Å². The zero-order valence-corrected chi connectivity index (χ0v) is 30.4. The largest absolute Gasteiger partial charge is 0.405 e. The van der Waals surface area contributed by atoms with E-state index in [2.05, 4.69) is 36.3 Å². The van der Waals surface area contributed by atoms with Crippen molar-refractivity contribution in [3.05, 3.63) is 0 Å². The zero-order valence-electron chi connectivity index (χ0n) is 30.4. The summed E-state index contributed by atoms with van der Waals surface area (Å²) in [5.74, 6) is -0.351. The van der Waals surface area contributed by atoms with Crippen molar-refractivity contribution in [1.82, 2.24) is 20.6 Å². The van der Waals surface area contributed by atoms with Crippen LogP contribution in [0.15, 0.2) is 0 Å². The third-order valence-corrected chi connectivity index (χ3v) is 13.6. The quantitative estimate of drug-likeness (QED) is 0.258. The van der Waals surface area contributed by atoms with Crippen molar-refractivity contribution in [1.29, 1.82) is 0 Å². The minimum Gasteiger partial charge on any atom is -0.394 e. The Morgan fingerprint density at radius 1 is 1.10 bits per heavy atom. The highest BCUT2D eigenvalue weighted by atomic mass is 19.4. The molecule has 49 heavy (non-hydrogen) atoms. The summed E-state index contributed by atoms with van der Waals surface area (Å²) in [5, 5.41) is 28.3. The summed E-state index contributed by atoms with van der Waals surface area (Å²) in [5.41, 5.74) is 0.276. The molecule has 0 spiro atoms. The van der Waals surface area contributed by atoms with Crippen molar-refractivity contribution in [2.75, 3.05) is 40.9 Å². The van der Waals surface area contributed by atoms with Crippen LogP contribution >= 0.6 is 0 Å². The number of aliphatic hydroxyl groups is 2. The topological polar surface area (TPSA) is 124 Å². The highest BCUT2D eigenvalue weighted by molar-refractivity contribution is 5.83. The second-order valence-corrected chi connectivity index (χ2v) is 16.9. The Bertz CT molecular complexity index is 1160. The predicted octanol–water partition coefficient (Wildman–Crippen LogP) is 3.60. The lowest BCUT2D eigenvalue weighted by Gasteiger charge is -2.62. The van der Waals surface area contributed by atoms with Crippen molar-refractivity contribution >= 4 is 11.8 Å². The average molecular weight is 703 g/mol. The lowest BCUT2D eigenvalue weighted by Crippen LogP contribution is -2.62. The van der Waals surface area contributed by atoms with E-state index in [4.69, 9.17) is 9.57 Å². The van der Waals surface area contributed by atoms with Crippen LogP contribution < -0.4 is 10.6 Å². The van der Waals surface area contributed by atoms with Gasteiger partial charge in [-0.3, -0.25) is 14.4 Å². The maximum atomic E-state index is 14.2. The number of nitrogens with zero attached hydrogens (tertiary/aromatic N) is 2. The molecule has 0 radical (unpaired) electrons. The fourth-order valence-corrected chi connectivity index (χ4v) is 10.7. The monoisotopic (exact) mass is 702 g/mol. The Balaban J connectivity index is 1.32. The van der Waals surface area contributed by atoms with Gasteiger partial charge in [-0.1, -0.05) is 27.2 Å². The number of ether oxygens (including phenoxy) is 1. The van der Waals surface area contributed by atoms with Gasteiger partial charge in [0.1, 0.15) is 18.7 Å². The predicted molar refractivity (Wildman–Crippen MR) is 178 cm³/mol. The molecule has 4 N–H and O–H groups in total. The number of hydrogen-bond donors (Lipinski definition) is 4. The molecular formula is C36H61F3N4O6. The van der Waals surface area contributed by atoms with Crippen LogP contribution in [0, 0.1) is 52.8 Å². The number of methoxy groups -OCH3 is 1. The fraction of sp³-hybridized carbons (Fsp3) is 0.944. The highest BCUT2D eigenvalue weighted by Crippen LogP contribution is 2.61. The SMILES string of the molecule is COC1C(CN2O[C@@H](CO)[C@H]([C@H](C)O)[C@H]2C(=O)N[C@H]2C[C@H]3C[C@@H]([C@@H]2C)C3(C)C)CCCC1C1CC(C(=O)NCC(F)(F)F)CC(N(C)C)C1. The molecule has 1 heterocycles. The number of carbonyl (C=O) groups excluding carboxylic acids is 2. The van der Waals surface area contributed by atoms with Gasteiger partial charge in [-0.15, -0.1) is 0 Å². The second kappa shape index (κ2) is 15.2. The first-order chi connectivity index (χ1) is 23.0. The zero-order chi connectivity index (χ0) is 36.0. The smallest absolute Gasteiger partial charge is 0.394 e. The van der Waals surface area contributed by atoms with Crippen LogP contribution in [0.4, 0.5) is 13.2 Å². The van der Waals surface area contributed by atoms with Gasteiger partial charge in [-0.2, -0.15) is 18.2 Å². The van der Waals surface area contributed by atoms with E-state index >= 15 is 0 Å². The number of aliphatic hydroxyl groups excluding tert-OH is 2. The van der Waals surface area contributed by atoms with Gasteiger partial charge in [-0.05, 0) is 101 Å². The summed E-state index contributed by atoms with van der Waals surface area (Å²) in [6, 6.07) is -0.705. The van der Waals surface area contributed by atoms with Crippen molar-refractivity contribution in [3.63, 3.8) is 0 Å². The first-order valence-corrected chi connectivity index (χ1v) is 18.5. The molecular weight excluding hydrogens is 641 g/mol. The van der Waals surface area contributed by atoms with Gasteiger partial charge in [0.15, 0.2) is 0 Å². The molecule has 5 saturated carbocycles. The Labute approximate surface area is 290 Å². The third kappa shape index (κ3) is 8.11. The van der Waals surface area contributed by atoms with Crippen molar-refractivity contribution in [2.24, 2.45) is 52.8 Å². The number of hydrogen-bond acceptors (Lipinski definition) is 8. The number of fused-ring (bicyclic) bond motifs is 2. The average Bonchev–Trinajstić information content (AvgIpc) is 3.42. The van der Waals surface area contributed by atoms with Gasteiger partial charge < -0.3 is 30.5 Å². The standard InChI is InChI=1S/C36H61F3N4O6/c1-19-27-14-24(35(27,3)4)15-28(19)41-34(47)31-30(20(2)45)29(17-44)49-43(31)16-21-9-8-10-26(32(21)48-7)22-11-23(13-25(12-22)42(5)6)33(46)40-18-36(37,38)39/h19-32,44-45H,8-18H2,1-7H3,(H,40,46)(H,41,47)/t19-,20-,21?,22?,23?,24+,25?,26?,27-,28-,29-,30-,31-,32?/m0/s1. The van der Waals surface area contributed by atoms with E-state index in [0.717, 1.165) is 32.1 Å². The summed E-state index contributed by atoms with van der Waals surface area (Å²) in [4.78, 5) is 35.5. The molecule has 282 valence electrons. The number of rotatable bonds is 11. The summed E-state index contributed by atoms with van der Waals surface area (Å²) in [6.07, 6.45) is 0.194. The molecule has 2 bridgehead atoms. The third-order valence-electron chi connectivity index (χ3n) is 13.6. The van der Waals surface area contributed by atoms with Gasteiger partial charge in [0.25, 0.3) is 0 Å². The van der Waals surface area contributed by atoms with E-state index in [-0.39, 0.29) is 53.9 Å². The Morgan fingerprint density at radius 2 is 1.82 bits per heavy atom. The molecule has 10 nitrogen and oxygen atoms in total. The molecule has 6 aliphatic rings. The van der Waals surface area contributed by atoms with Crippen LogP contribution in [0.5, 0.6) is 0 Å². The van der Waals surface area contributed by atoms with E-state index < -0.39 is 48.7 Å². The van der Waals surface area contributed by atoms with Crippen LogP contribution in [-0.2, 0) is 19.2 Å². The molecule has 13 heteroatoms. The number of carbonyl (C=O) groups is 2. The highest BCUT2D eigenvalue weighted by Gasteiger charge is 2.58. The molecule has 2 amide bonds.